The van der Waals surface area contributed by atoms with Crippen molar-refractivity contribution in [2.75, 3.05) is 6.61 Å². The number of rotatable bonds is 4. The van der Waals surface area contributed by atoms with Crippen LogP contribution < -0.4 is 0 Å². The van der Waals surface area contributed by atoms with Crippen LogP contribution in [0.2, 0.25) is 10.0 Å². The van der Waals surface area contributed by atoms with Crippen molar-refractivity contribution in [3.63, 3.8) is 0 Å². The Morgan fingerprint density at radius 1 is 1.10 bits per heavy atom. The molecule has 29 heavy (non-hydrogen) atoms. The second kappa shape index (κ2) is 13.0. The number of carbonyl (C=O) groups excluding carboxylic acids is 1. The van der Waals surface area contributed by atoms with E-state index < -0.39 is 0 Å². The Morgan fingerprint density at radius 2 is 1.72 bits per heavy atom. The van der Waals surface area contributed by atoms with Crippen molar-refractivity contribution in [3.05, 3.63) is 70.2 Å². The van der Waals surface area contributed by atoms with E-state index in [0.717, 1.165) is 16.9 Å². The lowest BCUT2D eigenvalue weighted by atomic mass is 10.2. The van der Waals surface area contributed by atoms with E-state index in [4.69, 9.17) is 23.2 Å². The topological polar surface area (TPSA) is 44.1 Å². The van der Waals surface area contributed by atoms with Gasteiger partial charge in [0.1, 0.15) is 11.6 Å². The lowest BCUT2D eigenvalue weighted by Gasteiger charge is -2.11. The summed E-state index contributed by atoms with van der Waals surface area (Å²) in [5.41, 5.74) is 2.54. The molecule has 0 radical (unpaired) electrons. The Balaban J connectivity index is 0.000000452. The number of nitrogens with zero attached hydrogens (tertiary/aromatic N) is 2. The highest BCUT2D eigenvalue weighted by molar-refractivity contribution is 6.36. The molecule has 0 aliphatic rings. The molecular formula is C22H25Cl2FN2O2. The number of aromatic nitrogens is 2. The van der Waals surface area contributed by atoms with E-state index in [1.807, 2.05) is 17.6 Å². The summed E-state index contributed by atoms with van der Waals surface area (Å²) in [5.74, 6) is 0.420. The second-order valence-electron chi connectivity index (χ2n) is 5.92. The van der Waals surface area contributed by atoms with E-state index in [2.05, 4.69) is 23.6 Å². The van der Waals surface area contributed by atoms with Gasteiger partial charge in [0, 0.05) is 28.2 Å². The minimum absolute atomic E-state index is 0.275. The van der Waals surface area contributed by atoms with E-state index in [-0.39, 0.29) is 5.82 Å². The number of carbonyl (C=O) groups is 1. The summed E-state index contributed by atoms with van der Waals surface area (Å²) in [6, 6.07) is 11.5. The first-order chi connectivity index (χ1) is 13.9. The molecule has 2 aromatic carbocycles. The summed E-state index contributed by atoms with van der Waals surface area (Å²) in [6.45, 7) is 8.85. The Labute approximate surface area is 181 Å². The smallest absolute Gasteiger partial charge is 0.293 e. The summed E-state index contributed by atoms with van der Waals surface area (Å²) in [5, 5.41) is 1.09. The van der Waals surface area contributed by atoms with Gasteiger partial charge in [0.25, 0.3) is 6.47 Å². The molecule has 0 N–H and O–H groups in total. The number of hydrogen-bond donors (Lipinski definition) is 0. The van der Waals surface area contributed by atoms with Crippen molar-refractivity contribution in [3.8, 4) is 17.1 Å². The number of imidazole rings is 1. The van der Waals surface area contributed by atoms with Crippen LogP contribution in [0, 0.1) is 12.7 Å². The number of benzene rings is 2. The molecule has 0 atom stereocenters. The Hall–Kier alpha value is -2.37. The van der Waals surface area contributed by atoms with Gasteiger partial charge in [0.05, 0.1) is 11.6 Å². The predicted molar refractivity (Wildman–Crippen MR) is 117 cm³/mol. The maximum Gasteiger partial charge on any atom is 0.293 e. The summed E-state index contributed by atoms with van der Waals surface area (Å²) in [7, 11) is 0. The van der Waals surface area contributed by atoms with E-state index in [1.54, 1.807) is 37.4 Å². The fourth-order valence-corrected chi connectivity index (χ4v) is 2.78. The zero-order chi connectivity index (χ0) is 21.8. The zero-order valence-corrected chi connectivity index (χ0v) is 18.5. The minimum Gasteiger partial charge on any atom is -0.468 e. The van der Waals surface area contributed by atoms with Crippen LogP contribution >= 0.6 is 23.2 Å². The summed E-state index contributed by atoms with van der Waals surface area (Å²) in [6.07, 6.45) is 3.00. The molecule has 3 rings (SSSR count). The molecule has 0 saturated heterocycles. The molecule has 0 aliphatic heterocycles. The van der Waals surface area contributed by atoms with Gasteiger partial charge in [-0.2, -0.15) is 0 Å². The summed E-state index contributed by atoms with van der Waals surface area (Å²) >= 11 is 12.2. The standard InChI is InChI=1S/C16H11Cl2FN2.C3H6O2.C3H8/c1-10-9-20-16(14-7-2-11(17)8-15(14)18)21(10)13-5-3-12(19)4-6-13;1-2-5-3-4;1-3-2/h2-9H,1H3;3H,2H2,1H3;3H2,1-2H3. The van der Waals surface area contributed by atoms with Crippen LogP contribution in [0.3, 0.4) is 0 Å². The SMILES string of the molecule is CCC.CCOC=O.Cc1cnc(-c2ccc(Cl)cc2Cl)n1-c1ccc(F)cc1. The third kappa shape index (κ3) is 7.52. The molecule has 3 aromatic rings. The highest BCUT2D eigenvalue weighted by Gasteiger charge is 2.14. The number of halogens is 3. The van der Waals surface area contributed by atoms with Crippen molar-refractivity contribution in [2.24, 2.45) is 0 Å². The monoisotopic (exact) mass is 438 g/mol. The first-order valence-electron chi connectivity index (χ1n) is 9.20. The second-order valence-corrected chi connectivity index (χ2v) is 6.76. The molecule has 1 aromatic heterocycles. The lowest BCUT2D eigenvalue weighted by Crippen LogP contribution is -2.00. The van der Waals surface area contributed by atoms with Crippen LogP contribution in [0.25, 0.3) is 17.1 Å². The molecule has 0 bridgehead atoms. The Morgan fingerprint density at radius 3 is 2.21 bits per heavy atom. The number of ether oxygens (including phenoxy) is 1. The van der Waals surface area contributed by atoms with Crippen LogP contribution in [0.1, 0.15) is 32.9 Å². The maximum atomic E-state index is 13.1. The third-order valence-electron chi connectivity index (χ3n) is 3.43. The van der Waals surface area contributed by atoms with Crippen LogP contribution in [0.5, 0.6) is 0 Å². The maximum absolute atomic E-state index is 13.1. The average molecular weight is 439 g/mol. The van der Waals surface area contributed by atoms with E-state index in [9.17, 15) is 9.18 Å². The predicted octanol–water partition coefficient (Wildman–Crippen LogP) is 6.89. The molecule has 7 heteroatoms. The Bertz CT molecular complexity index is 896. The van der Waals surface area contributed by atoms with Crippen LogP contribution in [-0.2, 0) is 9.53 Å². The van der Waals surface area contributed by atoms with E-state index in [0.29, 0.717) is 28.9 Å². The summed E-state index contributed by atoms with van der Waals surface area (Å²) < 4.78 is 19.2. The largest absolute Gasteiger partial charge is 0.468 e. The van der Waals surface area contributed by atoms with Crippen molar-refractivity contribution in [1.82, 2.24) is 9.55 Å². The molecule has 0 spiro atoms. The molecule has 156 valence electrons. The lowest BCUT2D eigenvalue weighted by molar-refractivity contribution is -0.128. The normalized spacial score (nSPS) is 9.62. The molecule has 1 heterocycles. The van der Waals surface area contributed by atoms with Gasteiger partial charge in [-0.25, -0.2) is 9.37 Å². The van der Waals surface area contributed by atoms with Gasteiger partial charge in [-0.05, 0) is 56.3 Å². The first-order valence-corrected chi connectivity index (χ1v) is 9.95. The van der Waals surface area contributed by atoms with Gasteiger partial charge in [-0.3, -0.25) is 9.36 Å². The van der Waals surface area contributed by atoms with Crippen molar-refractivity contribution < 1.29 is 13.9 Å². The van der Waals surface area contributed by atoms with Gasteiger partial charge in [-0.15, -0.1) is 0 Å². The Kier molecular flexibility index (Phi) is 11.0. The highest BCUT2D eigenvalue weighted by atomic mass is 35.5. The fourth-order valence-electron chi connectivity index (χ4n) is 2.28. The quantitative estimate of drug-likeness (QED) is 0.416. The van der Waals surface area contributed by atoms with Gasteiger partial charge in [-0.1, -0.05) is 43.5 Å². The van der Waals surface area contributed by atoms with Crippen LogP contribution in [0.4, 0.5) is 4.39 Å². The number of aryl methyl sites for hydroxylation is 1. The third-order valence-corrected chi connectivity index (χ3v) is 3.98. The average Bonchev–Trinajstić information content (AvgIpc) is 3.05. The minimum atomic E-state index is -0.275. The summed E-state index contributed by atoms with van der Waals surface area (Å²) in [4.78, 5) is 13.6. The highest BCUT2D eigenvalue weighted by Crippen LogP contribution is 2.31. The molecular weight excluding hydrogens is 414 g/mol. The number of hydrogen-bond acceptors (Lipinski definition) is 3. The molecule has 0 amide bonds. The first kappa shape index (κ1) is 24.7. The van der Waals surface area contributed by atoms with Gasteiger partial charge >= 0.3 is 0 Å². The van der Waals surface area contributed by atoms with Crippen molar-refractivity contribution >= 4 is 29.7 Å². The van der Waals surface area contributed by atoms with Gasteiger partial charge in [0.2, 0.25) is 0 Å². The molecule has 0 unspecified atom stereocenters. The molecule has 0 fully saturated rings. The van der Waals surface area contributed by atoms with Gasteiger partial charge < -0.3 is 4.74 Å². The van der Waals surface area contributed by atoms with Crippen LogP contribution in [-0.4, -0.2) is 22.6 Å². The van der Waals surface area contributed by atoms with Crippen molar-refractivity contribution in [2.45, 2.75) is 34.1 Å². The van der Waals surface area contributed by atoms with Gasteiger partial charge in [0.15, 0.2) is 0 Å². The molecule has 0 saturated carbocycles. The van der Waals surface area contributed by atoms with Crippen molar-refractivity contribution in [1.29, 1.82) is 0 Å². The van der Waals surface area contributed by atoms with E-state index in [1.165, 1.54) is 18.6 Å². The molecule has 0 aliphatic carbocycles. The van der Waals surface area contributed by atoms with E-state index >= 15 is 0 Å². The fraction of sp³-hybridized carbons (Fsp3) is 0.273. The van der Waals surface area contributed by atoms with Crippen LogP contribution in [0.15, 0.2) is 48.7 Å². The zero-order valence-electron chi connectivity index (χ0n) is 17.0. The molecule has 4 nitrogen and oxygen atoms in total.